The van der Waals surface area contributed by atoms with Gasteiger partial charge in [0.1, 0.15) is 11.6 Å². The predicted molar refractivity (Wildman–Crippen MR) is 221 cm³/mol. The minimum Gasteiger partial charge on any atom is -0.296 e. The molecule has 0 N–H and O–H groups in total. The fourth-order valence-corrected chi connectivity index (χ4v) is 9.06. The van der Waals surface area contributed by atoms with Crippen molar-refractivity contribution < 1.29 is 0 Å². The smallest absolute Gasteiger partial charge is 0.138 e. The summed E-state index contributed by atoms with van der Waals surface area (Å²) in [5.74, 6) is 1.73. The second-order valence-corrected chi connectivity index (χ2v) is 14.1. The van der Waals surface area contributed by atoms with Gasteiger partial charge in [0.25, 0.3) is 0 Å². The van der Waals surface area contributed by atoms with Crippen LogP contribution in [0.2, 0.25) is 0 Å². The lowest BCUT2D eigenvalue weighted by Gasteiger charge is -2.13. The SMILES string of the molecule is C=C/C=C\c1c(C)n(-c2cccc(-c3ccccc3)n2)c2c1ccc1c3ccccc3n(-c3cccc(-c4cccc5c4sc4ccccc45)n3)c12. The Kier molecular flexibility index (Phi) is 7.01. The molecule has 0 amide bonds. The lowest BCUT2D eigenvalue weighted by atomic mass is 10.1. The normalized spacial score (nSPS) is 11.9. The van der Waals surface area contributed by atoms with Crippen molar-refractivity contribution in [1.29, 1.82) is 0 Å². The van der Waals surface area contributed by atoms with Crippen LogP contribution < -0.4 is 0 Å². The van der Waals surface area contributed by atoms with Crippen LogP contribution in [0.15, 0.2) is 164 Å². The molecule has 246 valence electrons. The van der Waals surface area contributed by atoms with Gasteiger partial charge < -0.3 is 0 Å². The quantitative estimate of drug-likeness (QED) is 0.163. The number of hydrogen-bond donors (Lipinski definition) is 0. The number of benzene rings is 5. The minimum absolute atomic E-state index is 0.865. The van der Waals surface area contributed by atoms with Crippen LogP contribution in [0.3, 0.4) is 0 Å². The molecule has 0 aliphatic rings. The van der Waals surface area contributed by atoms with E-state index in [1.165, 1.54) is 30.9 Å². The molecule has 0 bridgehead atoms. The number of para-hydroxylation sites is 1. The van der Waals surface area contributed by atoms with Crippen LogP contribution in [-0.2, 0) is 0 Å². The maximum absolute atomic E-state index is 5.47. The number of pyridine rings is 2. The van der Waals surface area contributed by atoms with Gasteiger partial charge in [-0.15, -0.1) is 11.3 Å². The van der Waals surface area contributed by atoms with E-state index in [0.29, 0.717) is 0 Å². The summed E-state index contributed by atoms with van der Waals surface area (Å²) in [5.41, 5.74) is 9.64. The maximum Gasteiger partial charge on any atom is 0.138 e. The van der Waals surface area contributed by atoms with E-state index >= 15 is 0 Å². The van der Waals surface area contributed by atoms with Gasteiger partial charge >= 0.3 is 0 Å². The Morgan fingerprint density at radius 3 is 2.06 bits per heavy atom. The van der Waals surface area contributed by atoms with E-state index in [-0.39, 0.29) is 0 Å². The standard InChI is InChI=1S/C47H32N4S/c1-3-4-17-32-30(2)50(43-26-13-22-39(48-43)31-15-6-5-7-16-31)45-35(32)28-29-36-33-18-8-10-24-41(33)51(46(36)45)44-27-14-23-40(49-44)38-21-12-20-37-34-19-9-11-25-42(34)52-47(37)38/h3-29H,1H2,2H3/b17-4-. The van der Waals surface area contributed by atoms with E-state index < -0.39 is 0 Å². The van der Waals surface area contributed by atoms with Gasteiger partial charge in [0.05, 0.1) is 27.9 Å². The van der Waals surface area contributed by atoms with Gasteiger partial charge in [0.15, 0.2) is 0 Å². The Morgan fingerprint density at radius 2 is 1.21 bits per heavy atom. The molecule has 5 aromatic carbocycles. The number of aromatic nitrogens is 4. The Morgan fingerprint density at radius 1 is 0.558 bits per heavy atom. The van der Waals surface area contributed by atoms with Crippen LogP contribution in [0.25, 0.3) is 93.1 Å². The van der Waals surface area contributed by atoms with Crippen LogP contribution in [-0.4, -0.2) is 19.1 Å². The van der Waals surface area contributed by atoms with Crippen molar-refractivity contribution in [3.05, 3.63) is 176 Å². The molecule has 0 spiro atoms. The van der Waals surface area contributed by atoms with Crippen LogP contribution >= 0.6 is 11.3 Å². The zero-order chi connectivity index (χ0) is 34.8. The fourth-order valence-electron chi connectivity index (χ4n) is 7.83. The van der Waals surface area contributed by atoms with Gasteiger partial charge in [-0.2, -0.15) is 0 Å². The Bertz CT molecular complexity index is 3050. The van der Waals surface area contributed by atoms with Gasteiger partial charge in [-0.25, -0.2) is 9.97 Å². The molecular weight excluding hydrogens is 653 g/mol. The number of allylic oxidation sites excluding steroid dienone is 2. The third kappa shape index (κ3) is 4.60. The molecule has 0 fully saturated rings. The molecule has 4 nitrogen and oxygen atoms in total. The van der Waals surface area contributed by atoms with Crippen LogP contribution in [0.5, 0.6) is 0 Å². The summed E-state index contributed by atoms with van der Waals surface area (Å²) in [5, 5.41) is 6.04. The van der Waals surface area contributed by atoms with Gasteiger partial charge in [-0.1, -0.05) is 134 Å². The third-order valence-electron chi connectivity index (χ3n) is 10.1. The molecular formula is C47H32N4S. The highest BCUT2D eigenvalue weighted by atomic mass is 32.1. The Labute approximate surface area is 304 Å². The number of nitrogens with zero attached hydrogens (tertiary/aromatic N) is 4. The van der Waals surface area contributed by atoms with E-state index in [1.54, 1.807) is 0 Å². The number of hydrogen-bond acceptors (Lipinski definition) is 3. The first-order chi connectivity index (χ1) is 25.7. The molecule has 5 heterocycles. The molecule has 5 heteroatoms. The molecule has 0 radical (unpaired) electrons. The monoisotopic (exact) mass is 684 g/mol. The molecule has 0 aliphatic carbocycles. The summed E-state index contributed by atoms with van der Waals surface area (Å²) in [6.45, 7) is 6.16. The van der Waals surface area contributed by atoms with Crippen molar-refractivity contribution in [3.8, 4) is 34.2 Å². The van der Waals surface area contributed by atoms with Crippen molar-refractivity contribution >= 4 is 70.3 Å². The summed E-state index contributed by atoms with van der Waals surface area (Å²) in [7, 11) is 0. The Balaban J connectivity index is 1.29. The highest BCUT2D eigenvalue weighted by Crippen LogP contribution is 2.42. The molecule has 0 atom stereocenters. The number of fused-ring (bicyclic) bond motifs is 8. The van der Waals surface area contributed by atoms with Crippen molar-refractivity contribution in [2.24, 2.45) is 0 Å². The zero-order valence-corrected chi connectivity index (χ0v) is 29.3. The van der Waals surface area contributed by atoms with E-state index in [2.05, 4.69) is 168 Å². The van der Waals surface area contributed by atoms with E-state index in [9.17, 15) is 0 Å². The minimum atomic E-state index is 0.865. The summed E-state index contributed by atoms with van der Waals surface area (Å²) < 4.78 is 7.21. The third-order valence-corrected chi connectivity index (χ3v) is 11.3. The first-order valence-corrected chi connectivity index (χ1v) is 18.3. The van der Waals surface area contributed by atoms with Gasteiger partial charge in [-0.05, 0) is 43.3 Å². The first-order valence-electron chi connectivity index (χ1n) is 17.5. The van der Waals surface area contributed by atoms with Crippen LogP contribution in [0.4, 0.5) is 0 Å². The number of rotatable bonds is 6. The molecule has 10 aromatic rings. The molecule has 0 saturated heterocycles. The van der Waals surface area contributed by atoms with Crippen molar-refractivity contribution in [1.82, 2.24) is 19.1 Å². The van der Waals surface area contributed by atoms with Gasteiger partial charge in [0.2, 0.25) is 0 Å². The van der Waals surface area contributed by atoms with Crippen molar-refractivity contribution in [2.75, 3.05) is 0 Å². The van der Waals surface area contributed by atoms with Crippen molar-refractivity contribution in [2.45, 2.75) is 6.92 Å². The molecule has 0 unspecified atom stereocenters. The van der Waals surface area contributed by atoms with E-state index in [0.717, 1.165) is 67.3 Å². The fraction of sp³-hybridized carbons (Fsp3) is 0.0213. The second kappa shape index (κ2) is 12.0. The summed E-state index contributed by atoms with van der Waals surface area (Å²) >= 11 is 1.83. The van der Waals surface area contributed by atoms with E-state index in [1.807, 2.05) is 29.6 Å². The van der Waals surface area contributed by atoms with Crippen molar-refractivity contribution in [3.63, 3.8) is 0 Å². The average Bonchev–Trinajstić information content (AvgIpc) is 3.84. The van der Waals surface area contributed by atoms with Gasteiger partial charge in [0, 0.05) is 58.7 Å². The van der Waals surface area contributed by atoms with E-state index in [4.69, 9.17) is 9.97 Å². The molecule has 5 aromatic heterocycles. The first kappa shape index (κ1) is 30.3. The van der Waals surface area contributed by atoms with Gasteiger partial charge in [-0.3, -0.25) is 9.13 Å². The summed E-state index contributed by atoms with van der Waals surface area (Å²) in [6.07, 6.45) is 6.00. The van der Waals surface area contributed by atoms with Crippen LogP contribution in [0.1, 0.15) is 11.3 Å². The molecule has 0 aliphatic heterocycles. The maximum atomic E-state index is 5.47. The number of thiophene rings is 1. The lowest BCUT2D eigenvalue weighted by Crippen LogP contribution is -2.03. The summed E-state index contributed by atoms with van der Waals surface area (Å²) in [4.78, 5) is 10.7. The Hall–Kier alpha value is -6.56. The molecule has 0 saturated carbocycles. The lowest BCUT2D eigenvalue weighted by molar-refractivity contribution is 0.991. The highest BCUT2D eigenvalue weighted by molar-refractivity contribution is 7.26. The topological polar surface area (TPSA) is 35.6 Å². The predicted octanol–water partition coefficient (Wildman–Crippen LogP) is 12.7. The highest BCUT2D eigenvalue weighted by Gasteiger charge is 2.23. The molecule has 10 rings (SSSR count). The second-order valence-electron chi connectivity index (χ2n) is 13.0. The average molecular weight is 685 g/mol. The zero-order valence-electron chi connectivity index (χ0n) is 28.5. The summed E-state index contributed by atoms with van der Waals surface area (Å²) in [6, 6.07) is 51.5. The van der Waals surface area contributed by atoms with Crippen LogP contribution in [0, 0.1) is 6.92 Å². The largest absolute Gasteiger partial charge is 0.296 e. The molecule has 52 heavy (non-hydrogen) atoms.